The van der Waals surface area contributed by atoms with E-state index in [1.165, 1.54) is 45.2 Å². The van der Waals surface area contributed by atoms with Crippen molar-refractivity contribution in [1.82, 2.24) is 4.90 Å². The molecular weight excluding hydrogens is 172 g/mol. The fraction of sp³-hybridized carbons (Fsp3) is 1.00. The molecule has 2 N–H and O–H groups in total. The summed E-state index contributed by atoms with van der Waals surface area (Å²) in [4.78, 5) is 2.70. The van der Waals surface area contributed by atoms with Crippen molar-refractivity contribution in [2.75, 3.05) is 19.6 Å². The van der Waals surface area contributed by atoms with Crippen LogP contribution in [0.4, 0.5) is 0 Å². The SMILES string of the molecule is CC1CN(C2CCCCC2CCN)C1. The second kappa shape index (κ2) is 4.63. The number of nitrogens with zero attached hydrogens (tertiary/aromatic N) is 1. The third-order valence-corrected chi connectivity index (χ3v) is 3.97. The van der Waals surface area contributed by atoms with Gasteiger partial charge in [0.25, 0.3) is 0 Å². The number of hydrogen-bond acceptors (Lipinski definition) is 2. The zero-order valence-corrected chi connectivity index (χ0v) is 9.41. The molecule has 2 heteroatoms. The quantitative estimate of drug-likeness (QED) is 0.746. The highest BCUT2D eigenvalue weighted by molar-refractivity contribution is 4.89. The van der Waals surface area contributed by atoms with Crippen LogP contribution in [0.2, 0.25) is 0 Å². The Bertz CT molecular complexity index is 173. The van der Waals surface area contributed by atoms with Crippen LogP contribution in [0.5, 0.6) is 0 Å². The molecule has 2 atom stereocenters. The summed E-state index contributed by atoms with van der Waals surface area (Å²) < 4.78 is 0. The predicted octanol–water partition coefficient (Wildman–Crippen LogP) is 1.85. The highest BCUT2D eigenvalue weighted by atomic mass is 15.2. The molecule has 82 valence electrons. The zero-order chi connectivity index (χ0) is 9.97. The Morgan fingerprint density at radius 3 is 2.57 bits per heavy atom. The minimum Gasteiger partial charge on any atom is -0.330 e. The summed E-state index contributed by atoms with van der Waals surface area (Å²) in [7, 11) is 0. The molecule has 0 aromatic carbocycles. The van der Waals surface area contributed by atoms with Crippen LogP contribution in [0, 0.1) is 11.8 Å². The molecule has 1 heterocycles. The summed E-state index contributed by atoms with van der Waals surface area (Å²) >= 11 is 0. The smallest absolute Gasteiger partial charge is 0.0124 e. The fourth-order valence-corrected chi connectivity index (χ4v) is 3.24. The van der Waals surface area contributed by atoms with E-state index < -0.39 is 0 Å². The molecule has 0 bridgehead atoms. The Morgan fingerprint density at radius 2 is 1.93 bits per heavy atom. The van der Waals surface area contributed by atoms with Crippen LogP contribution in [0.3, 0.4) is 0 Å². The second-order valence-electron chi connectivity index (χ2n) is 5.25. The highest BCUT2D eigenvalue weighted by Gasteiger charge is 2.35. The van der Waals surface area contributed by atoms with Crippen LogP contribution >= 0.6 is 0 Å². The lowest BCUT2D eigenvalue weighted by molar-refractivity contribution is 0.0119. The average molecular weight is 196 g/mol. The first-order valence-corrected chi connectivity index (χ1v) is 6.25. The van der Waals surface area contributed by atoms with Crippen molar-refractivity contribution in [3.8, 4) is 0 Å². The minimum absolute atomic E-state index is 0.878. The van der Waals surface area contributed by atoms with Crippen LogP contribution in [0.1, 0.15) is 39.0 Å². The number of likely N-dealkylation sites (tertiary alicyclic amines) is 1. The largest absolute Gasteiger partial charge is 0.330 e. The van der Waals surface area contributed by atoms with Gasteiger partial charge in [0.1, 0.15) is 0 Å². The zero-order valence-electron chi connectivity index (χ0n) is 9.41. The molecule has 1 saturated carbocycles. The average Bonchev–Trinajstić information content (AvgIpc) is 2.15. The van der Waals surface area contributed by atoms with E-state index in [0.717, 1.165) is 24.4 Å². The van der Waals surface area contributed by atoms with Crippen molar-refractivity contribution in [1.29, 1.82) is 0 Å². The molecule has 2 unspecified atom stereocenters. The summed E-state index contributed by atoms with van der Waals surface area (Å²) in [5.74, 6) is 1.84. The van der Waals surface area contributed by atoms with Gasteiger partial charge in [-0.3, -0.25) is 4.90 Å². The van der Waals surface area contributed by atoms with Crippen LogP contribution in [0.25, 0.3) is 0 Å². The van der Waals surface area contributed by atoms with Crippen molar-refractivity contribution in [2.45, 2.75) is 45.1 Å². The van der Waals surface area contributed by atoms with Crippen molar-refractivity contribution in [2.24, 2.45) is 17.6 Å². The Hall–Kier alpha value is -0.0800. The Balaban J connectivity index is 1.86. The van der Waals surface area contributed by atoms with E-state index >= 15 is 0 Å². The van der Waals surface area contributed by atoms with Crippen LogP contribution in [-0.2, 0) is 0 Å². The van der Waals surface area contributed by atoms with Crippen molar-refractivity contribution in [3.63, 3.8) is 0 Å². The van der Waals surface area contributed by atoms with E-state index in [2.05, 4.69) is 11.8 Å². The van der Waals surface area contributed by atoms with E-state index in [0.29, 0.717) is 0 Å². The van der Waals surface area contributed by atoms with Gasteiger partial charge in [0.05, 0.1) is 0 Å². The first-order chi connectivity index (χ1) is 6.81. The first kappa shape index (κ1) is 10.4. The maximum absolute atomic E-state index is 5.69. The van der Waals surface area contributed by atoms with Gasteiger partial charge < -0.3 is 5.73 Å². The van der Waals surface area contributed by atoms with E-state index in [4.69, 9.17) is 5.73 Å². The van der Waals surface area contributed by atoms with Crippen LogP contribution in [0.15, 0.2) is 0 Å². The summed E-state index contributed by atoms with van der Waals surface area (Å²) in [5, 5.41) is 0. The topological polar surface area (TPSA) is 29.3 Å². The predicted molar refractivity (Wildman–Crippen MR) is 60.2 cm³/mol. The molecule has 0 radical (unpaired) electrons. The lowest BCUT2D eigenvalue weighted by Crippen LogP contribution is -2.54. The lowest BCUT2D eigenvalue weighted by Gasteiger charge is -2.48. The van der Waals surface area contributed by atoms with Crippen molar-refractivity contribution >= 4 is 0 Å². The van der Waals surface area contributed by atoms with Gasteiger partial charge >= 0.3 is 0 Å². The lowest BCUT2D eigenvalue weighted by atomic mass is 9.79. The van der Waals surface area contributed by atoms with Gasteiger partial charge in [-0.1, -0.05) is 19.8 Å². The number of rotatable bonds is 3. The van der Waals surface area contributed by atoms with Gasteiger partial charge in [-0.2, -0.15) is 0 Å². The van der Waals surface area contributed by atoms with Crippen LogP contribution < -0.4 is 5.73 Å². The maximum atomic E-state index is 5.69. The van der Waals surface area contributed by atoms with Gasteiger partial charge in [0, 0.05) is 19.1 Å². The Morgan fingerprint density at radius 1 is 1.21 bits per heavy atom. The molecule has 2 nitrogen and oxygen atoms in total. The molecule has 2 rings (SSSR count). The molecule has 1 saturated heterocycles. The summed E-state index contributed by atoms with van der Waals surface area (Å²) in [5.41, 5.74) is 5.69. The number of hydrogen-bond donors (Lipinski definition) is 1. The highest BCUT2D eigenvalue weighted by Crippen LogP contribution is 2.33. The monoisotopic (exact) mass is 196 g/mol. The summed E-state index contributed by atoms with van der Waals surface area (Å²) in [6.45, 7) is 5.92. The van der Waals surface area contributed by atoms with E-state index in [-0.39, 0.29) is 0 Å². The van der Waals surface area contributed by atoms with E-state index in [9.17, 15) is 0 Å². The van der Waals surface area contributed by atoms with Crippen LogP contribution in [-0.4, -0.2) is 30.6 Å². The molecule has 2 fully saturated rings. The molecule has 0 spiro atoms. The molecule has 0 aromatic rings. The Labute approximate surface area is 87.8 Å². The third-order valence-electron chi connectivity index (χ3n) is 3.97. The maximum Gasteiger partial charge on any atom is 0.0124 e. The van der Waals surface area contributed by atoms with Gasteiger partial charge in [0.15, 0.2) is 0 Å². The van der Waals surface area contributed by atoms with Gasteiger partial charge in [-0.25, -0.2) is 0 Å². The molecule has 1 aliphatic heterocycles. The number of nitrogens with two attached hydrogens (primary N) is 1. The van der Waals surface area contributed by atoms with Gasteiger partial charge in [-0.05, 0) is 37.6 Å². The van der Waals surface area contributed by atoms with Crippen molar-refractivity contribution < 1.29 is 0 Å². The molecule has 0 aromatic heterocycles. The Kier molecular flexibility index (Phi) is 3.45. The standard InChI is InChI=1S/C12H24N2/c1-10-8-14(9-10)12-5-3-2-4-11(12)6-7-13/h10-12H,2-9,13H2,1H3. The third kappa shape index (κ3) is 2.12. The normalized spacial score (nSPS) is 35.6. The van der Waals surface area contributed by atoms with Gasteiger partial charge in [-0.15, -0.1) is 0 Å². The fourth-order valence-electron chi connectivity index (χ4n) is 3.24. The first-order valence-electron chi connectivity index (χ1n) is 6.25. The van der Waals surface area contributed by atoms with Gasteiger partial charge in [0.2, 0.25) is 0 Å². The molecule has 2 aliphatic rings. The summed E-state index contributed by atoms with van der Waals surface area (Å²) in [6, 6.07) is 0.878. The second-order valence-corrected chi connectivity index (χ2v) is 5.25. The minimum atomic E-state index is 0.878. The van der Waals surface area contributed by atoms with E-state index in [1.54, 1.807) is 0 Å². The van der Waals surface area contributed by atoms with Crippen molar-refractivity contribution in [3.05, 3.63) is 0 Å². The molecule has 0 amide bonds. The molecule has 1 aliphatic carbocycles. The molecule has 14 heavy (non-hydrogen) atoms. The molecular formula is C12H24N2. The van der Waals surface area contributed by atoms with E-state index in [1.807, 2.05) is 0 Å². The summed E-state index contributed by atoms with van der Waals surface area (Å²) in [6.07, 6.45) is 6.97.